The van der Waals surface area contributed by atoms with Gasteiger partial charge in [-0.15, -0.1) is 0 Å². The number of piperazine rings is 1. The topological polar surface area (TPSA) is 6.48 Å². The maximum atomic E-state index is 2.48. The molecular weight excluding hydrogens is 112 g/mol. The number of hydrogen-bond donors (Lipinski definition) is 0. The molecule has 2 unspecified atom stereocenters. The maximum Gasteiger partial charge on any atom is 0.0265 e. The van der Waals surface area contributed by atoms with Gasteiger partial charge in [-0.2, -0.15) is 0 Å². The minimum Gasteiger partial charge on any atom is -0.301 e. The molecule has 0 bridgehead atoms. The van der Waals surface area contributed by atoms with E-state index in [-0.39, 0.29) is 0 Å². The van der Waals surface area contributed by atoms with E-state index in [1.54, 1.807) is 0 Å². The van der Waals surface area contributed by atoms with Crippen LogP contribution in [0.1, 0.15) is 6.42 Å². The van der Waals surface area contributed by atoms with E-state index in [2.05, 4.69) is 23.9 Å². The second-order valence-electron chi connectivity index (χ2n) is 3.33. The molecule has 2 heteroatoms. The van der Waals surface area contributed by atoms with Crippen LogP contribution in [0.5, 0.6) is 0 Å². The lowest BCUT2D eigenvalue weighted by molar-refractivity contribution is 0.176. The van der Waals surface area contributed by atoms with Gasteiger partial charge in [-0.05, 0) is 20.5 Å². The Morgan fingerprint density at radius 2 is 1.44 bits per heavy atom. The zero-order valence-corrected chi connectivity index (χ0v) is 6.17. The molecule has 1 aliphatic heterocycles. The fourth-order valence-electron chi connectivity index (χ4n) is 1.76. The van der Waals surface area contributed by atoms with E-state index in [9.17, 15) is 0 Å². The molecule has 9 heavy (non-hydrogen) atoms. The van der Waals surface area contributed by atoms with E-state index < -0.39 is 0 Å². The van der Waals surface area contributed by atoms with E-state index in [1.807, 2.05) is 0 Å². The van der Waals surface area contributed by atoms with Gasteiger partial charge >= 0.3 is 0 Å². The molecule has 1 heterocycles. The van der Waals surface area contributed by atoms with Gasteiger partial charge in [0.1, 0.15) is 0 Å². The monoisotopic (exact) mass is 126 g/mol. The highest BCUT2D eigenvalue weighted by Crippen LogP contribution is 2.34. The van der Waals surface area contributed by atoms with Crippen LogP contribution in [0.3, 0.4) is 0 Å². The molecule has 0 amide bonds. The minimum atomic E-state index is 0.906. The smallest absolute Gasteiger partial charge is 0.0265 e. The molecule has 2 fully saturated rings. The van der Waals surface area contributed by atoms with Gasteiger partial charge < -0.3 is 9.80 Å². The predicted molar refractivity (Wildman–Crippen MR) is 37.5 cm³/mol. The summed E-state index contributed by atoms with van der Waals surface area (Å²) < 4.78 is 0. The van der Waals surface area contributed by atoms with Gasteiger partial charge in [0.15, 0.2) is 0 Å². The Labute approximate surface area is 56.4 Å². The van der Waals surface area contributed by atoms with Crippen molar-refractivity contribution < 1.29 is 0 Å². The van der Waals surface area contributed by atoms with E-state index in [0.717, 1.165) is 12.1 Å². The van der Waals surface area contributed by atoms with Crippen molar-refractivity contribution in [3.63, 3.8) is 0 Å². The normalized spacial score (nSPS) is 44.7. The van der Waals surface area contributed by atoms with Crippen LogP contribution in [0.2, 0.25) is 0 Å². The highest BCUT2D eigenvalue weighted by Gasteiger charge is 2.45. The van der Waals surface area contributed by atoms with Crippen LogP contribution < -0.4 is 0 Å². The van der Waals surface area contributed by atoms with Gasteiger partial charge in [-0.1, -0.05) is 0 Å². The largest absolute Gasteiger partial charge is 0.301 e. The second kappa shape index (κ2) is 1.70. The Kier molecular flexibility index (Phi) is 1.08. The molecule has 1 saturated heterocycles. The lowest BCUT2D eigenvalue weighted by Crippen LogP contribution is -2.42. The molecule has 0 aromatic rings. The average Bonchev–Trinajstić information content (AvgIpc) is 2.57. The highest BCUT2D eigenvalue weighted by atomic mass is 15.3. The SMILES string of the molecule is CN1CCN(C)C2CC21. The van der Waals surface area contributed by atoms with Crippen LogP contribution in [0.15, 0.2) is 0 Å². The molecule has 0 N–H and O–H groups in total. The number of nitrogens with zero attached hydrogens (tertiary/aromatic N) is 2. The number of hydrogen-bond acceptors (Lipinski definition) is 2. The fourth-order valence-corrected chi connectivity index (χ4v) is 1.76. The zero-order chi connectivity index (χ0) is 6.43. The number of fused-ring (bicyclic) bond motifs is 1. The predicted octanol–water partition coefficient (Wildman–Crippen LogP) is 0.00450. The summed E-state index contributed by atoms with van der Waals surface area (Å²) in [5.74, 6) is 0. The minimum absolute atomic E-state index is 0.906. The first-order valence-electron chi connectivity index (χ1n) is 3.69. The van der Waals surface area contributed by atoms with Gasteiger partial charge in [0.25, 0.3) is 0 Å². The van der Waals surface area contributed by atoms with Crippen molar-refractivity contribution in [1.82, 2.24) is 9.80 Å². The van der Waals surface area contributed by atoms with E-state index in [4.69, 9.17) is 0 Å². The van der Waals surface area contributed by atoms with Crippen LogP contribution in [0, 0.1) is 0 Å². The Balaban J connectivity index is 2.01. The quantitative estimate of drug-likeness (QED) is 0.451. The van der Waals surface area contributed by atoms with Gasteiger partial charge in [-0.25, -0.2) is 0 Å². The van der Waals surface area contributed by atoms with Gasteiger partial charge in [0.2, 0.25) is 0 Å². The van der Waals surface area contributed by atoms with E-state index in [1.165, 1.54) is 19.5 Å². The Hall–Kier alpha value is -0.0800. The van der Waals surface area contributed by atoms with Crippen molar-refractivity contribution in [3.8, 4) is 0 Å². The van der Waals surface area contributed by atoms with Gasteiger partial charge in [-0.3, -0.25) is 0 Å². The van der Waals surface area contributed by atoms with Crippen LogP contribution >= 0.6 is 0 Å². The molecule has 2 rings (SSSR count). The first-order chi connectivity index (χ1) is 4.29. The third kappa shape index (κ3) is 0.775. The second-order valence-corrected chi connectivity index (χ2v) is 3.33. The van der Waals surface area contributed by atoms with Crippen molar-refractivity contribution in [2.45, 2.75) is 18.5 Å². The molecule has 1 aliphatic carbocycles. The fraction of sp³-hybridized carbons (Fsp3) is 1.00. The number of likely N-dealkylation sites (N-methyl/N-ethyl adjacent to an activating group) is 2. The summed E-state index contributed by atoms with van der Waals surface area (Å²) in [5, 5.41) is 0. The van der Waals surface area contributed by atoms with E-state index in [0.29, 0.717) is 0 Å². The third-order valence-corrected chi connectivity index (χ3v) is 2.66. The standard InChI is InChI=1S/C7H14N2/c1-8-3-4-9(2)7-5-6(7)8/h6-7H,3-5H2,1-2H3. The Morgan fingerprint density at radius 3 is 1.89 bits per heavy atom. The lowest BCUT2D eigenvalue weighted by Gasteiger charge is -2.28. The highest BCUT2D eigenvalue weighted by molar-refractivity contribution is 5.03. The van der Waals surface area contributed by atoms with Crippen molar-refractivity contribution in [2.75, 3.05) is 27.2 Å². The molecule has 0 aromatic carbocycles. The van der Waals surface area contributed by atoms with Gasteiger partial charge in [0.05, 0.1) is 0 Å². The molecule has 1 saturated carbocycles. The summed E-state index contributed by atoms with van der Waals surface area (Å²) in [7, 11) is 4.47. The van der Waals surface area contributed by atoms with Crippen LogP contribution in [-0.4, -0.2) is 49.1 Å². The molecule has 2 nitrogen and oxygen atoms in total. The summed E-state index contributed by atoms with van der Waals surface area (Å²) in [6, 6.07) is 1.81. The molecular formula is C7H14N2. The third-order valence-electron chi connectivity index (χ3n) is 2.66. The van der Waals surface area contributed by atoms with Gasteiger partial charge in [0, 0.05) is 25.2 Å². The molecule has 0 spiro atoms. The summed E-state index contributed by atoms with van der Waals surface area (Å²) in [4.78, 5) is 4.95. The number of rotatable bonds is 0. The first kappa shape index (κ1) is 5.69. The molecule has 0 radical (unpaired) electrons. The Morgan fingerprint density at radius 1 is 1.00 bits per heavy atom. The molecule has 2 atom stereocenters. The van der Waals surface area contributed by atoms with Crippen molar-refractivity contribution in [3.05, 3.63) is 0 Å². The van der Waals surface area contributed by atoms with Crippen molar-refractivity contribution in [2.24, 2.45) is 0 Å². The summed E-state index contributed by atoms with van der Waals surface area (Å²) in [5.41, 5.74) is 0. The summed E-state index contributed by atoms with van der Waals surface area (Å²) in [6.07, 6.45) is 1.41. The van der Waals surface area contributed by atoms with Crippen LogP contribution in [0.4, 0.5) is 0 Å². The van der Waals surface area contributed by atoms with E-state index >= 15 is 0 Å². The molecule has 0 aromatic heterocycles. The average molecular weight is 126 g/mol. The van der Waals surface area contributed by atoms with Crippen molar-refractivity contribution in [1.29, 1.82) is 0 Å². The first-order valence-corrected chi connectivity index (χ1v) is 3.69. The molecule has 2 aliphatic rings. The van der Waals surface area contributed by atoms with Crippen LogP contribution in [0.25, 0.3) is 0 Å². The van der Waals surface area contributed by atoms with Crippen molar-refractivity contribution >= 4 is 0 Å². The summed E-state index contributed by atoms with van der Waals surface area (Å²) >= 11 is 0. The maximum absolute atomic E-state index is 2.48. The Bertz CT molecular complexity index is 110. The summed E-state index contributed by atoms with van der Waals surface area (Å²) in [6.45, 7) is 2.52. The zero-order valence-electron chi connectivity index (χ0n) is 6.17. The lowest BCUT2D eigenvalue weighted by atomic mass is 10.4. The molecule has 52 valence electrons. The van der Waals surface area contributed by atoms with Crippen LogP contribution in [-0.2, 0) is 0 Å².